The standard InChI is InChI=1S/C27H23Cl2NO5/c1-15(2)35-20-6-4-5-16(13-20)24-23(25(31)17-7-12-21(28)22(29)14-17)26(32)27(33)30(24)18-8-10-19(34-3)11-9-18/h4-15,24,31H,1-3H3/b25-23-. The summed E-state index contributed by atoms with van der Waals surface area (Å²) in [6, 6.07) is 17.5. The Bertz CT molecular complexity index is 1320. The van der Waals surface area contributed by atoms with Gasteiger partial charge in [-0.15, -0.1) is 0 Å². The molecule has 0 saturated carbocycles. The number of methoxy groups -OCH3 is 1. The molecule has 1 heterocycles. The molecule has 0 radical (unpaired) electrons. The zero-order chi connectivity index (χ0) is 25.3. The van der Waals surface area contributed by atoms with Gasteiger partial charge in [0.15, 0.2) is 0 Å². The summed E-state index contributed by atoms with van der Waals surface area (Å²) in [4.78, 5) is 28.0. The van der Waals surface area contributed by atoms with E-state index in [4.69, 9.17) is 32.7 Å². The Kier molecular flexibility index (Phi) is 7.05. The van der Waals surface area contributed by atoms with Gasteiger partial charge in [0, 0.05) is 11.3 Å². The van der Waals surface area contributed by atoms with Gasteiger partial charge in [-0.1, -0.05) is 35.3 Å². The lowest BCUT2D eigenvalue weighted by Crippen LogP contribution is -2.29. The maximum absolute atomic E-state index is 13.3. The van der Waals surface area contributed by atoms with E-state index in [2.05, 4.69) is 0 Å². The lowest BCUT2D eigenvalue weighted by atomic mass is 9.95. The van der Waals surface area contributed by atoms with E-state index in [1.807, 2.05) is 13.8 Å². The average molecular weight is 512 g/mol. The van der Waals surface area contributed by atoms with Crippen molar-refractivity contribution in [3.63, 3.8) is 0 Å². The van der Waals surface area contributed by atoms with Crippen LogP contribution in [0.5, 0.6) is 11.5 Å². The van der Waals surface area contributed by atoms with Gasteiger partial charge in [0.05, 0.1) is 34.9 Å². The molecule has 0 aliphatic carbocycles. The molecule has 1 unspecified atom stereocenters. The summed E-state index contributed by atoms with van der Waals surface area (Å²) < 4.78 is 11.1. The van der Waals surface area contributed by atoms with Crippen LogP contribution in [0.2, 0.25) is 10.0 Å². The third-order valence-electron chi connectivity index (χ3n) is 5.53. The second kappa shape index (κ2) is 10.0. The van der Waals surface area contributed by atoms with E-state index in [1.165, 1.54) is 17.0 Å². The number of carbonyl (C=O) groups is 2. The molecule has 0 bridgehead atoms. The number of nitrogens with zero attached hydrogens (tertiary/aromatic N) is 1. The molecular formula is C27H23Cl2NO5. The minimum atomic E-state index is -0.909. The topological polar surface area (TPSA) is 76.1 Å². The highest BCUT2D eigenvalue weighted by Crippen LogP contribution is 2.43. The molecule has 3 aromatic rings. The van der Waals surface area contributed by atoms with Gasteiger partial charge in [-0.2, -0.15) is 0 Å². The van der Waals surface area contributed by atoms with Crippen LogP contribution in [-0.4, -0.2) is 30.0 Å². The van der Waals surface area contributed by atoms with Crippen LogP contribution in [0.4, 0.5) is 5.69 Å². The molecule has 0 aromatic heterocycles. The molecule has 35 heavy (non-hydrogen) atoms. The fraction of sp³-hybridized carbons (Fsp3) is 0.185. The summed E-state index contributed by atoms with van der Waals surface area (Å²) in [5.41, 5.74) is 1.28. The monoisotopic (exact) mass is 511 g/mol. The largest absolute Gasteiger partial charge is 0.507 e. The normalized spacial score (nSPS) is 17.2. The van der Waals surface area contributed by atoms with Crippen molar-refractivity contribution >= 4 is 46.3 Å². The van der Waals surface area contributed by atoms with Crippen molar-refractivity contribution in [2.75, 3.05) is 12.0 Å². The molecule has 180 valence electrons. The van der Waals surface area contributed by atoms with Gasteiger partial charge in [0.25, 0.3) is 11.7 Å². The summed E-state index contributed by atoms with van der Waals surface area (Å²) in [5.74, 6) is -0.753. The smallest absolute Gasteiger partial charge is 0.300 e. The van der Waals surface area contributed by atoms with Crippen LogP contribution < -0.4 is 14.4 Å². The summed E-state index contributed by atoms with van der Waals surface area (Å²) in [5, 5.41) is 11.8. The van der Waals surface area contributed by atoms with E-state index in [9.17, 15) is 14.7 Å². The SMILES string of the molecule is COc1ccc(N2C(=O)C(=O)/C(=C(\O)c3ccc(Cl)c(Cl)c3)C2c2cccc(OC(C)C)c2)cc1. The van der Waals surface area contributed by atoms with E-state index in [0.29, 0.717) is 27.8 Å². The van der Waals surface area contributed by atoms with Crippen molar-refractivity contribution in [1.29, 1.82) is 0 Å². The predicted molar refractivity (Wildman–Crippen MR) is 136 cm³/mol. The van der Waals surface area contributed by atoms with E-state index in [-0.39, 0.29) is 28.0 Å². The van der Waals surface area contributed by atoms with E-state index in [1.54, 1.807) is 61.7 Å². The fourth-order valence-corrected chi connectivity index (χ4v) is 4.28. The highest BCUT2D eigenvalue weighted by atomic mass is 35.5. The maximum atomic E-state index is 13.3. The van der Waals surface area contributed by atoms with Crippen molar-refractivity contribution in [2.24, 2.45) is 0 Å². The predicted octanol–water partition coefficient (Wildman–Crippen LogP) is 6.42. The number of aliphatic hydroxyl groups is 1. The molecule has 1 atom stereocenters. The second-order valence-electron chi connectivity index (χ2n) is 8.24. The molecular weight excluding hydrogens is 489 g/mol. The fourth-order valence-electron chi connectivity index (χ4n) is 3.99. The van der Waals surface area contributed by atoms with Gasteiger partial charge in [0.1, 0.15) is 17.3 Å². The Morgan fingerprint density at radius 1 is 0.943 bits per heavy atom. The van der Waals surface area contributed by atoms with Crippen molar-refractivity contribution in [3.05, 3.63) is 93.5 Å². The highest BCUT2D eigenvalue weighted by molar-refractivity contribution is 6.51. The number of rotatable bonds is 6. The minimum absolute atomic E-state index is 0.0640. The Labute approximate surface area is 213 Å². The van der Waals surface area contributed by atoms with Gasteiger partial charge >= 0.3 is 0 Å². The number of ether oxygens (including phenoxy) is 2. The van der Waals surface area contributed by atoms with Crippen LogP contribution in [-0.2, 0) is 9.59 Å². The molecule has 8 heteroatoms. The van der Waals surface area contributed by atoms with Crippen LogP contribution >= 0.6 is 23.2 Å². The number of Topliss-reactive ketones (excluding diaryl/α,β-unsaturated/α-hetero) is 1. The Balaban J connectivity index is 1.92. The first-order chi connectivity index (χ1) is 16.7. The Morgan fingerprint density at radius 3 is 2.29 bits per heavy atom. The third-order valence-corrected chi connectivity index (χ3v) is 6.27. The van der Waals surface area contributed by atoms with Crippen molar-refractivity contribution < 1.29 is 24.2 Å². The first-order valence-electron chi connectivity index (χ1n) is 10.9. The zero-order valence-electron chi connectivity index (χ0n) is 19.3. The number of aliphatic hydroxyl groups excluding tert-OH is 1. The summed E-state index contributed by atoms with van der Waals surface area (Å²) in [7, 11) is 1.54. The molecule has 3 aromatic carbocycles. The lowest BCUT2D eigenvalue weighted by molar-refractivity contribution is -0.132. The lowest BCUT2D eigenvalue weighted by Gasteiger charge is -2.26. The molecule has 1 aliphatic rings. The van der Waals surface area contributed by atoms with Crippen molar-refractivity contribution in [2.45, 2.75) is 26.0 Å². The number of halogens is 2. The number of hydrogen-bond donors (Lipinski definition) is 1. The van der Waals surface area contributed by atoms with E-state index < -0.39 is 17.7 Å². The van der Waals surface area contributed by atoms with Crippen LogP contribution in [0.25, 0.3) is 5.76 Å². The molecule has 1 N–H and O–H groups in total. The summed E-state index contributed by atoms with van der Waals surface area (Å²) in [6.45, 7) is 3.81. The average Bonchev–Trinajstić information content (AvgIpc) is 3.10. The van der Waals surface area contributed by atoms with Crippen LogP contribution in [0, 0.1) is 0 Å². The van der Waals surface area contributed by atoms with E-state index in [0.717, 1.165) is 0 Å². The van der Waals surface area contributed by atoms with E-state index >= 15 is 0 Å². The quantitative estimate of drug-likeness (QED) is 0.235. The first-order valence-corrected chi connectivity index (χ1v) is 11.6. The van der Waals surface area contributed by atoms with Crippen LogP contribution in [0.15, 0.2) is 72.3 Å². The van der Waals surface area contributed by atoms with Crippen LogP contribution in [0.1, 0.15) is 31.0 Å². The number of benzene rings is 3. The van der Waals surface area contributed by atoms with Crippen molar-refractivity contribution in [1.82, 2.24) is 0 Å². The van der Waals surface area contributed by atoms with Gasteiger partial charge in [-0.05, 0) is 74.0 Å². The number of anilines is 1. The number of carbonyl (C=O) groups excluding carboxylic acids is 2. The van der Waals surface area contributed by atoms with Crippen molar-refractivity contribution in [3.8, 4) is 11.5 Å². The summed E-state index contributed by atoms with van der Waals surface area (Å²) in [6.07, 6.45) is -0.0746. The molecule has 4 rings (SSSR count). The highest BCUT2D eigenvalue weighted by Gasteiger charge is 2.47. The number of hydrogen-bond acceptors (Lipinski definition) is 5. The number of ketones is 1. The molecule has 1 saturated heterocycles. The zero-order valence-corrected chi connectivity index (χ0v) is 20.8. The Morgan fingerprint density at radius 2 is 1.66 bits per heavy atom. The van der Waals surface area contributed by atoms with Gasteiger partial charge in [-0.3, -0.25) is 14.5 Å². The second-order valence-corrected chi connectivity index (χ2v) is 9.05. The van der Waals surface area contributed by atoms with Gasteiger partial charge in [-0.25, -0.2) is 0 Å². The maximum Gasteiger partial charge on any atom is 0.300 e. The molecule has 6 nitrogen and oxygen atoms in total. The third kappa shape index (κ3) is 4.85. The van der Waals surface area contributed by atoms with Gasteiger partial charge in [0.2, 0.25) is 0 Å². The van der Waals surface area contributed by atoms with Gasteiger partial charge < -0.3 is 14.6 Å². The number of amides is 1. The summed E-state index contributed by atoms with van der Waals surface area (Å²) >= 11 is 12.2. The van der Waals surface area contributed by atoms with Crippen LogP contribution in [0.3, 0.4) is 0 Å². The molecule has 1 fully saturated rings. The first kappa shape index (κ1) is 24.6. The molecule has 1 amide bonds. The Hall–Kier alpha value is -3.48. The molecule has 1 aliphatic heterocycles. The minimum Gasteiger partial charge on any atom is -0.507 e. The molecule has 0 spiro atoms.